The van der Waals surface area contributed by atoms with E-state index in [1.54, 1.807) is 19.1 Å². The van der Waals surface area contributed by atoms with Gasteiger partial charge in [-0.3, -0.25) is 9.59 Å². The molecule has 2 rings (SSSR count). The lowest BCUT2D eigenvalue weighted by Gasteiger charge is -2.26. The molecule has 1 aliphatic heterocycles. The van der Waals surface area contributed by atoms with Crippen LogP contribution >= 0.6 is 0 Å². The van der Waals surface area contributed by atoms with Crippen LogP contribution < -0.4 is 5.32 Å². The molecule has 1 aliphatic rings. The van der Waals surface area contributed by atoms with Gasteiger partial charge in [-0.25, -0.2) is 8.42 Å². The smallest absolute Gasteiger partial charge is 0.303 e. The number of nitrogens with one attached hydrogen (secondary N) is 1. The van der Waals surface area contributed by atoms with Gasteiger partial charge in [0, 0.05) is 31.6 Å². The van der Waals surface area contributed by atoms with Crippen molar-refractivity contribution in [1.82, 2.24) is 9.62 Å². The number of amides is 1. The molecule has 0 spiro atoms. The Labute approximate surface area is 154 Å². The number of hydrogen-bond donors (Lipinski definition) is 2. The number of carbonyl (C=O) groups excluding carboxylic acids is 1. The number of sulfonamides is 1. The van der Waals surface area contributed by atoms with Gasteiger partial charge in [0.15, 0.2) is 0 Å². The molecular weight excluding hydrogens is 356 g/mol. The minimum absolute atomic E-state index is 0.0679. The molecule has 144 valence electrons. The zero-order valence-electron chi connectivity index (χ0n) is 15.0. The molecule has 1 aromatic carbocycles. The Kier molecular flexibility index (Phi) is 7.16. The van der Waals surface area contributed by atoms with Crippen molar-refractivity contribution in [3.8, 4) is 0 Å². The van der Waals surface area contributed by atoms with Gasteiger partial charge in [-0.05, 0) is 50.3 Å². The molecule has 1 amide bonds. The van der Waals surface area contributed by atoms with E-state index in [1.807, 2.05) is 0 Å². The molecule has 26 heavy (non-hydrogen) atoms. The summed E-state index contributed by atoms with van der Waals surface area (Å²) in [7, 11) is -3.59. The standard InChI is InChI=1S/C18H26N2O5S/c1-14-8-9-15(26(24,25)20-11-5-2-6-12-20)13-16(14)18(23)19-10-4-3-7-17(21)22/h8-9,13H,2-7,10-12H2,1H3,(H,19,23)(H,21,22). The van der Waals surface area contributed by atoms with Gasteiger partial charge in [0.05, 0.1) is 4.90 Å². The monoisotopic (exact) mass is 382 g/mol. The number of carboxylic acid groups (broad SMARTS) is 1. The predicted octanol–water partition coefficient (Wildman–Crippen LogP) is 2.15. The molecule has 1 saturated heterocycles. The quantitative estimate of drug-likeness (QED) is 0.671. The molecule has 0 saturated carbocycles. The van der Waals surface area contributed by atoms with Crippen LogP contribution in [0.1, 0.15) is 54.4 Å². The normalized spacial score (nSPS) is 15.6. The van der Waals surface area contributed by atoms with Crippen molar-refractivity contribution < 1.29 is 23.1 Å². The Hall–Kier alpha value is -1.93. The summed E-state index contributed by atoms with van der Waals surface area (Å²) in [6.07, 6.45) is 3.86. The summed E-state index contributed by atoms with van der Waals surface area (Å²) in [5.41, 5.74) is 1.03. The van der Waals surface area contributed by atoms with E-state index in [4.69, 9.17) is 5.11 Å². The van der Waals surface area contributed by atoms with Crippen molar-refractivity contribution in [1.29, 1.82) is 0 Å². The first-order valence-electron chi connectivity index (χ1n) is 8.93. The van der Waals surface area contributed by atoms with Gasteiger partial charge in [-0.15, -0.1) is 0 Å². The summed E-state index contributed by atoms with van der Waals surface area (Å²) in [5, 5.41) is 11.3. The van der Waals surface area contributed by atoms with E-state index < -0.39 is 16.0 Å². The number of carbonyl (C=O) groups is 2. The van der Waals surface area contributed by atoms with Gasteiger partial charge in [-0.2, -0.15) is 4.31 Å². The number of rotatable bonds is 8. The topological polar surface area (TPSA) is 104 Å². The molecule has 8 heteroatoms. The molecule has 7 nitrogen and oxygen atoms in total. The van der Waals surface area contributed by atoms with E-state index in [-0.39, 0.29) is 17.2 Å². The lowest BCUT2D eigenvalue weighted by molar-refractivity contribution is -0.137. The number of nitrogens with zero attached hydrogens (tertiary/aromatic N) is 1. The average Bonchev–Trinajstić information content (AvgIpc) is 2.62. The van der Waals surface area contributed by atoms with Crippen molar-refractivity contribution in [3.63, 3.8) is 0 Å². The van der Waals surface area contributed by atoms with Crippen LogP contribution in [0.3, 0.4) is 0 Å². The maximum atomic E-state index is 12.8. The third-order valence-electron chi connectivity index (χ3n) is 4.51. The van der Waals surface area contributed by atoms with E-state index in [1.165, 1.54) is 10.4 Å². The number of piperidine rings is 1. The third-order valence-corrected chi connectivity index (χ3v) is 6.40. The highest BCUT2D eigenvalue weighted by Crippen LogP contribution is 2.22. The van der Waals surface area contributed by atoms with Crippen molar-refractivity contribution >= 4 is 21.9 Å². The zero-order valence-corrected chi connectivity index (χ0v) is 15.8. The minimum atomic E-state index is -3.59. The van der Waals surface area contributed by atoms with E-state index >= 15 is 0 Å². The summed E-state index contributed by atoms with van der Waals surface area (Å²) >= 11 is 0. The number of hydrogen-bond acceptors (Lipinski definition) is 4. The summed E-state index contributed by atoms with van der Waals surface area (Å²) in [5.74, 6) is -1.20. The fourth-order valence-electron chi connectivity index (χ4n) is 2.96. The number of aryl methyl sites for hydroxylation is 1. The number of aliphatic carboxylic acids is 1. The van der Waals surface area contributed by atoms with Gasteiger partial charge in [0.2, 0.25) is 10.0 Å². The van der Waals surface area contributed by atoms with Crippen molar-refractivity contribution in [2.45, 2.75) is 50.3 Å². The van der Waals surface area contributed by atoms with Crippen molar-refractivity contribution in [3.05, 3.63) is 29.3 Å². The maximum Gasteiger partial charge on any atom is 0.303 e. The van der Waals surface area contributed by atoms with Gasteiger partial charge >= 0.3 is 5.97 Å². The second-order valence-electron chi connectivity index (χ2n) is 6.55. The van der Waals surface area contributed by atoms with Gasteiger partial charge in [-0.1, -0.05) is 12.5 Å². The zero-order chi connectivity index (χ0) is 19.2. The van der Waals surface area contributed by atoms with Crippen LogP contribution in [0.25, 0.3) is 0 Å². The summed E-state index contributed by atoms with van der Waals surface area (Å²) in [4.78, 5) is 23.0. The van der Waals surface area contributed by atoms with Crippen LogP contribution in [-0.4, -0.2) is 49.3 Å². The van der Waals surface area contributed by atoms with Crippen LogP contribution in [0.4, 0.5) is 0 Å². The molecule has 0 atom stereocenters. The fraction of sp³-hybridized carbons (Fsp3) is 0.556. The summed E-state index contributed by atoms with van der Waals surface area (Å²) in [6, 6.07) is 4.63. The lowest BCUT2D eigenvalue weighted by atomic mass is 10.1. The first-order valence-corrected chi connectivity index (χ1v) is 10.4. The summed E-state index contributed by atoms with van der Waals surface area (Å²) in [6.45, 7) is 3.15. The number of unbranched alkanes of at least 4 members (excludes halogenated alkanes) is 1. The molecule has 1 aromatic rings. The highest BCUT2D eigenvalue weighted by atomic mass is 32.2. The molecule has 0 aromatic heterocycles. The summed E-state index contributed by atoms with van der Waals surface area (Å²) < 4.78 is 27.0. The fourth-order valence-corrected chi connectivity index (χ4v) is 4.50. The van der Waals surface area contributed by atoms with E-state index in [9.17, 15) is 18.0 Å². The first-order chi connectivity index (χ1) is 12.3. The van der Waals surface area contributed by atoms with Crippen molar-refractivity contribution in [2.24, 2.45) is 0 Å². The molecule has 0 unspecified atom stereocenters. The predicted molar refractivity (Wildman–Crippen MR) is 97.6 cm³/mol. The Bertz CT molecular complexity index is 755. The molecule has 1 fully saturated rings. The second-order valence-corrected chi connectivity index (χ2v) is 8.49. The molecule has 2 N–H and O–H groups in total. The van der Waals surface area contributed by atoms with Crippen LogP contribution in [0.2, 0.25) is 0 Å². The SMILES string of the molecule is Cc1ccc(S(=O)(=O)N2CCCCC2)cc1C(=O)NCCCCC(=O)O. The third kappa shape index (κ3) is 5.28. The maximum absolute atomic E-state index is 12.8. The largest absolute Gasteiger partial charge is 0.481 e. The van der Waals surface area contributed by atoms with E-state index in [0.717, 1.165) is 19.3 Å². The van der Waals surface area contributed by atoms with Gasteiger partial charge in [0.25, 0.3) is 5.91 Å². The molecular formula is C18H26N2O5S. The van der Waals surface area contributed by atoms with Crippen LogP contribution in [0.15, 0.2) is 23.1 Å². The molecule has 0 aliphatic carbocycles. The first kappa shape index (κ1) is 20.4. The Morgan fingerprint density at radius 3 is 2.50 bits per heavy atom. The highest BCUT2D eigenvalue weighted by molar-refractivity contribution is 7.89. The molecule has 0 radical (unpaired) electrons. The van der Waals surface area contributed by atoms with Crippen LogP contribution in [0.5, 0.6) is 0 Å². The second kappa shape index (κ2) is 9.14. The Morgan fingerprint density at radius 1 is 1.15 bits per heavy atom. The highest BCUT2D eigenvalue weighted by Gasteiger charge is 2.27. The van der Waals surface area contributed by atoms with Crippen LogP contribution in [-0.2, 0) is 14.8 Å². The number of carboxylic acids is 1. The number of benzene rings is 1. The van der Waals surface area contributed by atoms with Gasteiger partial charge < -0.3 is 10.4 Å². The van der Waals surface area contributed by atoms with E-state index in [2.05, 4.69) is 5.32 Å². The van der Waals surface area contributed by atoms with Crippen LogP contribution in [0, 0.1) is 6.92 Å². The molecule has 0 bridgehead atoms. The Balaban J connectivity index is 2.06. The van der Waals surface area contributed by atoms with Gasteiger partial charge in [0.1, 0.15) is 0 Å². The Morgan fingerprint density at radius 2 is 1.85 bits per heavy atom. The van der Waals surface area contributed by atoms with E-state index in [0.29, 0.717) is 43.6 Å². The minimum Gasteiger partial charge on any atom is -0.481 e. The lowest BCUT2D eigenvalue weighted by Crippen LogP contribution is -2.35. The average molecular weight is 382 g/mol. The molecule has 1 heterocycles. The van der Waals surface area contributed by atoms with Crippen molar-refractivity contribution in [2.75, 3.05) is 19.6 Å².